The molecular weight excluding hydrogens is 436 g/mol. The second-order valence-corrected chi connectivity index (χ2v) is 10.1. The number of carbonyl (C=O) groups excluding carboxylic acids is 1. The minimum atomic E-state index is -3.88. The molecule has 10 heteroatoms. The molecule has 1 aliphatic rings. The molecule has 162 valence electrons. The van der Waals surface area contributed by atoms with Crippen LogP contribution in [0.5, 0.6) is 0 Å². The lowest BCUT2D eigenvalue weighted by Crippen LogP contribution is -2.44. The summed E-state index contributed by atoms with van der Waals surface area (Å²) in [6.45, 7) is 2.04. The number of pyridine rings is 1. The fourth-order valence-electron chi connectivity index (χ4n) is 3.51. The van der Waals surface area contributed by atoms with Gasteiger partial charge in [0.2, 0.25) is 15.9 Å². The summed E-state index contributed by atoms with van der Waals surface area (Å²) in [7, 11) is -3.88. The molecule has 1 aliphatic heterocycles. The highest BCUT2D eigenvalue weighted by molar-refractivity contribution is 7.89. The summed E-state index contributed by atoms with van der Waals surface area (Å²) in [5, 5.41) is 8.57. The van der Waals surface area contributed by atoms with E-state index < -0.39 is 15.9 Å². The van der Waals surface area contributed by atoms with Gasteiger partial charge in [0.25, 0.3) is 0 Å². The van der Waals surface area contributed by atoms with Crippen molar-refractivity contribution in [1.29, 1.82) is 0 Å². The lowest BCUT2D eigenvalue weighted by atomic mass is 9.99. The molecule has 0 unspecified atom stereocenters. The molecule has 1 fully saturated rings. The van der Waals surface area contributed by atoms with E-state index in [4.69, 9.17) is 4.52 Å². The Morgan fingerprint density at radius 3 is 2.90 bits per heavy atom. The van der Waals surface area contributed by atoms with E-state index in [1.807, 2.05) is 17.5 Å². The van der Waals surface area contributed by atoms with Crippen molar-refractivity contribution >= 4 is 45.2 Å². The van der Waals surface area contributed by atoms with Gasteiger partial charge >= 0.3 is 0 Å². The van der Waals surface area contributed by atoms with Gasteiger partial charge in [-0.3, -0.25) is 4.79 Å². The first-order valence-corrected chi connectivity index (χ1v) is 12.2. The lowest BCUT2D eigenvalue weighted by Gasteiger charge is -2.31. The van der Waals surface area contributed by atoms with Crippen LogP contribution in [0, 0.1) is 12.8 Å². The lowest BCUT2D eigenvalue weighted by molar-refractivity contribution is -0.120. The Hall–Kier alpha value is -2.82. The number of amides is 1. The van der Waals surface area contributed by atoms with E-state index in [0.717, 1.165) is 4.88 Å². The van der Waals surface area contributed by atoms with Crippen LogP contribution in [0.3, 0.4) is 0 Å². The average molecular weight is 459 g/mol. The summed E-state index contributed by atoms with van der Waals surface area (Å²) in [6.07, 6.45) is 6.20. The molecule has 0 spiro atoms. The Labute approximate surface area is 184 Å². The highest BCUT2D eigenvalue weighted by Gasteiger charge is 2.37. The van der Waals surface area contributed by atoms with Crippen molar-refractivity contribution in [2.24, 2.45) is 5.92 Å². The third-order valence-corrected chi connectivity index (χ3v) is 7.91. The van der Waals surface area contributed by atoms with Gasteiger partial charge in [0, 0.05) is 24.2 Å². The quantitative estimate of drug-likeness (QED) is 0.604. The molecule has 0 aliphatic carbocycles. The number of hydrogen-bond donors (Lipinski definition) is 1. The van der Waals surface area contributed by atoms with E-state index in [1.165, 1.54) is 15.6 Å². The maximum atomic E-state index is 13.4. The van der Waals surface area contributed by atoms with Gasteiger partial charge < -0.3 is 9.84 Å². The van der Waals surface area contributed by atoms with Crippen molar-refractivity contribution in [2.75, 3.05) is 18.4 Å². The van der Waals surface area contributed by atoms with Gasteiger partial charge in [0.1, 0.15) is 11.5 Å². The van der Waals surface area contributed by atoms with Crippen molar-refractivity contribution in [1.82, 2.24) is 14.4 Å². The standard InChI is InChI=1S/C21H22N4O4S2/c1-15-20(18(29-24-15)10-9-17-7-5-13-30-17)31(27,28)25-12-4-6-16(14-25)21(26)23-19-8-2-3-11-22-19/h2-3,5,7-11,13,16H,4,6,12,14H2,1H3,(H,22,23,26)/b10-9+/t16-/m1/s1. The highest BCUT2D eigenvalue weighted by Crippen LogP contribution is 2.30. The summed E-state index contributed by atoms with van der Waals surface area (Å²) in [6, 6.07) is 9.07. The third kappa shape index (κ3) is 4.76. The number of aromatic nitrogens is 2. The molecule has 1 saturated heterocycles. The zero-order chi connectivity index (χ0) is 21.8. The van der Waals surface area contributed by atoms with Crippen LogP contribution in [0.2, 0.25) is 0 Å². The SMILES string of the molecule is Cc1noc(/C=C/c2cccs2)c1S(=O)(=O)N1CCC[C@@H](C(=O)Nc2ccccn2)C1. The van der Waals surface area contributed by atoms with Gasteiger partial charge in [-0.05, 0) is 55.5 Å². The van der Waals surface area contributed by atoms with E-state index in [0.29, 0.717) is 30.9 Å². The Kier molecular flexibility index (Phi) is 6.30. The monoisotopic (exact) mass is 458 g/mol. The molecular formula is C21H22N4O4S2. The summed E-state index contributed by atoms with van der Waals surface area (Å²) in [5.74, 6) is -0.0661. The predicted octanol–water partition coefficient (Wildman–Crippen LogP) is 3.65. The van der Waals surface area contributed by atoms with Gasteiger partial charge in [0.15, 0.2) is 10.7 Å². The molecule has 1 N–H and O–H groups in total. The van der Waals surface area contributed by atoms with E-state index in [2.05, 4.69) is 15.5 Å². The van der Waals surface area contributed by atoms with Gasteiger partial charge in [0.05, 0.1) is 5.92 Å². The van der Waals surface area contributed by atoms with Crippen molar-refractivity contribution in [3.8, 4) is 0 Å². The largest absolute Gasteiger partial charge is 0.355 e. The fourth-order valence-corrected chi connectivity index (χ4v) is 5.90. The van der Waals surface area contributed by atoms with Crippen LogP contribution >= 0.6 is 11.3 Å². The number of rotatable bonds is 6. The first-order chi connectivity index (χ1) is 14.9. The van der Waals surface area contributed by atoms with Crippen molar-refractivity contribution in [3.63, 3.8) is 0 Å². The minimum absolute atomic E-state index is 0.0473. The number of nitrogens with zero attached hydrogens (tertiary/aromatic N) is 3. The van der Waals surface area contributed by atoms with Crippen LogP contribution in [0.4, 0.5) is 5.82 Å². The van der Waals surface area contributed by atoms with Gasteiger partial charge in [-0.15, -0.1) is 11.3 Å². The molecule has 0 saturated carbocycles. The Morgan fingerprint density at radius 2 is 2.16 bits per heavy atom. The Morgan fingerprint density at radius 1 is 1.29 bits per heavy atom. The molecule has 31 heavy (non-hydrogen) atoms. The highest BCUT2D eigenvalue weighted by atomic mass is 32.2. The maximum Gasteiger partial charge on any atom is 0.248 e. The van der Waals surface area contributed by atoms with Crippen LogP contribution in [0.1, 0.15) is 29.2 Å². The minimum Gasteiger partial charge on any atom is -0.355 e. The summed E-state index contributed by atoms with van der Waals surface area (Å²) in [5.41, 5.74) is 0.297. The first-order valence-electron chi connectivity index (χ1n) is 9.85. The number of thiophene rings is 1. The second-order valence-electron chi connectivity index (χ2n) is 7.22. The molecule has 3 aromatic rings. The molecule has 3 aromatic heterocycles. The number of hydrogen-bond acceptors (Lipinski definition) is 7. The van der Waals surface area contributed by atoms with Gasteiger partial charge in [-0.1, -0.05) is 17.3 Å². The van der Waals surface area contributed by atoms with Crippen LogP contribution in [-0.2, 0) is 14.8 Å². The topological polar surface area (TPSA) is 105 Å². The van der Waals surface area contributed by atoms with E-state index in [-0.39, 0.29) is 23.1 Å². The van der Waals surface area contributed by atoms with E-state index >= 15 is 0 Å². The van der Waals surface area contributed by atoms with Gasteiger partial charge in [-0.25, -0.2) is 13.4 Å². The van der Waals surface area contributed by atoms with Crippen LogP contribution in [0.15, 0.2) is 51.3 Å². The average Bonchev–Trinajstić information content (AvgIpc) is 3.42. The van der Waals surface area contributed by atoms with Crippen molar-refractivity contribution in [3.05, 3.63) is 58.2 Å². The summed E-state index contributed by atoms with van der Waals surface area (Å²) in [4.78, 5) is 17.8. The Bertz CT molecular complexity index is 1170. The summed E-state index contributed by atoms with van der Waals surface area (Å²) < 4.78 is 33.5. The van der Waals surface area contributed by atoms with Crippen molar-refractivity contribution in [2.45, 2.75) is 24.7 Å². The first kappa shape index (κ1) is 21.4. The molecule has 8 nitrogen and oxygen atoms in total. The van der Waals surface area contributed by atoms with Crippen molar-refractivity contribution < 1.29 is 17.7 Å². The van der Waals surface area contributed by atoms with E-state index in [1.54, 1.807) is 43.5 Å². The summed E-state index contributed by atoms with van der Waals surface area (Å²) >= 11 is 1.54. The van der Waals surface area contributed by atoms with Crippen LogP contribution in [-0.4, -0.2) is 41.9 Å². The molecule has 4 heterocycles. The van der Waals surface area contributed by atoms with E-state index in [9.17, 15) is 13.2 Å². The molecule has 1 atom stereocenters. The molecule has 4 rings (SSSR count). The Balaban J connectivity index is 1.53. The number of carbonyl (C=O) groups is 1. The molecule has 0 radical (unpaired) electrons. The smallest absolute Gasteiger partial charge is 0.248 e. The number of aryl methyl sites for hydroxylation is 1. The fraction of sp³-hybridized carbons (Fsp3) is 0.286. The molecule has 0 bridgehead atoms. The number of nitrogens with one attached hydrogen (secondary N) is 1. The third-order valence-electron chi connectivity index (χ3n) is 5.04. The van der Waals surface area contributed by atoms with Gasteiger partial charge in [-0.2, -0.15) is 4.31 Å². The zero-order valence-corrected chi connectivity index (χ0v) is 18.5. The second kappa shape index (κ2) is 9.13. The van der Waals surface area contributed by atoms with Crippen LogP contribution in [0.25, 0.3) is 12.2 Å². The number of anilines is 1. The van der Waals surface area contributed by atoms with Crippen LogP contribution < -0.4 is 5.32 Å². The number of sulfonamides is 1. The normalized spacial score (nSPS) is 17.8. The number of piperidine rings is 1. The molecule has 1 amide bonds. The predicted molar refractivity (Wildman–Crippen MR) is 119 cm³/mol. The maximum absolute atomic E-state index is 13.4. The molecule has 0 aromatic carbocycles. The zero-order valence-electron chi connectivity index (χ0n) is 16.9.